The Bertz CT molecular complexity index is 73.8. The van der Waals surface area contributed by atoms with Crippen molar-refractivity contribution in [1.82, 2.24) is 0 Å². The molecule has 0 aliphatic rings. The van der Waals surface area contributed by atoms with Crippen LogP contribution < -0.4 is 0 Å². The van der Waals surface area contributed by atoms with Crippen LogP contribution in [0.15, 0.2) is 0 Å². The molecule has 0 aliphatic carbocycles. The lowest BCUT2D eigenvalue weighted by Gasteiger charge is -2.16. The van der Waals surface area contributed by atoms with E-state index in [2.05, 4.69) is 6.92 Å². The fraction of sp³-hybridized carbons (Fsp3) is 1.00. The molecule has 0 fully saturated rings. The Morgan fingerprint density at radius 3 is 2.40 bits per heavy atom. The van der Waals surface area contributed by atoms with Gasteiger partial charge < -0.3 is 9.84 Å². The van der Waals surface area contributed by atoms with Gasteiger partial charge >= 0.3 is 0 Å². The summed E-state index contributed by atoms with van der Waals surface area (Å²) in [5, 5.41) is 9.19. The van der Waals surface area contributed by atoms with Crippen LogP contribution in [0.25, 0.3) is 0 Å². The van der Waals surface area contributed by atoms with E-state index >= 15 is 0 Å². The van der Waals surface area contributed by atoms with E-state index in [0.717, 1.165) is 19.4 Å². The van der Waals surface area contributed by atoms with Gasteiger partial charge in [-0.25, -0.2) is 0 Å². The number of aliphatic hydroxyl groups is 1. The van der Waals surface area contributed by atoms with E-state index in [1.807, 2.05) is 0 Å². The van der Waals surface area contributed by atoms with Crippen molar-refractivity contribution in [3.8, 4) is 0 Å². The molecule has 2 nitrogen and oxygen atoms in total. The normalized spacial score (nSPS) is 12.0. The quantitative estimate of drug-likeness (QED) is 0.597. The Morgan fingerprint density at radius 1 is 1.40 bits per heavy atom. The molecule has 0 radical (unpaired) electrons. The van der Waals surface area contributed by atoms with E-state index in [1.165, 1.54) is 0 Å². The van der Waals surface area contributed by atoms with Crippen molar-refractivity contribution in [1.29, 1.82) is 0 Å². The first-order chi connectivity index (χ1) is 4.56. The first-order valence-electron chi connectivity index (χ1n) is 3.86. The van der Waals surface area contributed by atoms with Gasteiger partial charge in [-0.3, -0.25) is 0 Å². The fourth-order valence-corrected chi connectivity index (χ4v) is 0.568. The SMILES string of the molecule is CCCCOCC(C)(C)O. The summed E-state index contributed by atoms with van der Waals surface area (Å²) in [5.74, 6) is 0. The molecular weight excluding hydrogens is 128 g/mol. The van der Waals surface area contributed by atoms with Crippen LogP contribution in [-0.2, 0) is 4.74 Å². The van der Waals surface area contributed by atoms with Crippen LogP contribution in [-0.4, -0.2) is 23.9 Å². The van der Waals surface area contributed by atoms with Gasteiger partial charge in [-0.05, 0) is 20.3 Å². The third-order valence-corrected chi connectivity index (χ3v) is 1.10. The molecule has 0 amide bonds. The van der Waals surface area contributed by atoms with Gasteiger partial charge in [0.2, 0.25) is 0 Å². The highest BCUT2D eigenvalue weighted by Crippen LogP contribution is 2.01. The van der Waals surface area contributed by atoms with Crippen LogP contribution in [0.1, 0.15) is 33.6 Å². The van der Waals surface area contributed by atoms with Crippen molar-refractivity contribution < 1.29 is 9.84 Å². The van der Waals surface area contributed by atoms with Gasteiger partial charge in [0.05, 0.1) is 12.2 Å². The van der Waals surface area contributed by atoms with E-state index in [4.69, 9.17) is 4.74 Å². The minimum Gasteiger partial charge on any atom is -0.388 e. The lowest BCUT2D eigenvalue weighted by Crippen LogP contribution is -2.26. The monoisotopic (exact) mass is 146 g/mol. The zero-order valence-electron chi connectivity index (χ0n) is 7.18. The van der Waals surface area contributed by atoms with E-state index in [9.17, 15) is 5.11 Å². The lowest BCUT2D eigenvalue weighted by atomic mass is 10.2. The second kappa shape index (κ2) is 4.69. The van der Waals surface area contributed by atoms with Crippen LogP contribution in [0.4, 0.5) is 0 Å². The molecule has 10 heavy (non-hydrogen) atoms. The third-order valence-electron chi connectivity index (χ3n) is 1.10. The number of hydrogen-bond acceptors (Lipinski definition) is 2. The Labute approximate surface area is 63.2 Å². The molecule has 0 rings (SSSR count). The summed E-state index contributed by atoms with van der Waals surface area (Å²) >= 11 is 0. The van der Waals surface area contributed by atoms with Crippen molar-refractivity contribution in [2.75, 3.05) is 13.2 Å². The van der Waals surface area contributed by atoms with Gasteiger partial charge in [-0.2, -0.15) is 0 Å². The maximum Gasteiger partial charge on any atom is 0.0824 e. The summed E-state index contributed by atoms with van der Waals surface area (Å²) < 4.78 is 5.19. The Kier molecular flexibility index (Phi) is 4.65. The summed E-state index contributed by atoms with van der Waals surface area (Å²) in [6.07, 6.45) is 2.22. The Balaban J connectivity index is 3.04. The summed E-state index contributed by atoms with van der Waals surface area (Å²) in [7, 11) is 0. The van der Waals surface area contributed by atoms with Crippen LogP contribution in [0.2, 0.25) is 0 Å². The molecule has 0 aromatic rings. The molecule has 0 aromatic heterocycles. The van der Waals surface area contributed by atoms with Crippen molar-refractivity contribution in [3.05, 3.63) is 0 Å². The number of rotatable bonds is 5. The third kappa shape index (κ3) is 7.92. The first kappa shape index (κ1) is 9.92. The van der Waals surface area contributed by atoms with Crippen molar-refractivity contribution in [2.45, 2.75) is 39.2 Å². The maximum atomic E-state index is 9.19. The van der Waals surface area contributed by atoms with Gasteiger partial charge in [-0.15, -0.1) is 0 Å². The average molecular weight is 146 g/mol. The van der Waals surface area contributed by atoms with Crippen LogP contribution in [0.3, 0.4) is 0 Å². The average Bonchev–Trinajstić information content (AvgIpc) is 1.78. The Hall–Kier alpha value is -0.0800. The van der Waals surface area contributed by atoms with Gasteiger partial charge in [0.1, 0.15) is 0 Å². The second-order valence-corrected chi connectivity index (χ2v) is 3.22. The first-order valence-corrected chi connectivity index (χ1v) is 3.86. The molecule has 0 heterocycles. The molecule has 0 unspecified atom stereocenters. The van der Waals surface area contributed by atoms with Gasteiger partial charge in [0, 0.05) is 6.61 Å². The maximum absolute atomic E-state index is 9.19. The van der Waals surface area contributed by atoms with E-state index < -0.39 is 5.60 Å². The topological polar surface area (TPSA) is 29.5 Å². The number of ether oxygens (including phenoxy) is 1. The molecule has 0 saturated carbocycles. The van der Waals surface area contributed by atoms with Crippen LogP contribution in [0.5, 0.6) is 0 Å². The molecular formula is C8H18O2. The highest BCUT2D eigenvalue weighted by atomic mass is 16.5. The fourth-order valence-electron chi connectivity index (χ4n) is 0.568. The standard InChI is InChI=1S/C8H18O2/c1-4-5-6-10-7-8(2,3)9/h9H,4-7H2,1-3H3. The largest absolute Gasteiger partial charge is 0.388 e. The van der Waals surface area contributed by atoms with Crippen LogP contribution >= 0.6 is 0 Å². The molecule has 0 atom stereocenters. The second-order valence-electron chi connectivity index (χ2n) is 3.22. The molecule has 0 spiro atoms. The minimum absolute atomic E-state index is 0.438. The number of unbranched alkanes of at least 4 members (excludes halogenated alkanes) is 1. The molecule has 62 valence electrons. The van der Waals surface area contributed by atoms with E-state index in [0.29, 0.717) is 6.61 Å². The summed E-state index contributed by atoms with van der Waals surface area (Å²) in [6, 6.07) is 0. The predicted octanol–water partition coefficient (Wildman–Crippen LogP) is 1.57. The smallest absolute Gasteiger partial charge is 0.0824 e. The van der Waals surface area contributed by atoms with E-state index in [1.54, 1.807) is 13.8 Å². The summed E-state index contributed by atoms with van der Waals surface area (Å²) in [5.41, 5.74) is -0.673. The predicted molar refractivity (Wildman–Crippen MR) is 42.0 cm³/mol. The number of hydrogen-bond donors (Lipinski definition) is 1. The van der Waals surface area contributed by atoms with Gasteiger partial charge in [0.25, 0.3) is 0 Å². The summed E-state index contributed by atoms with van der Waals surface area (Å²) in [4.78, 5) is 0. The zero-order chi connectivity index (χ0) is 8.04. The van der Waals surface area contributed by atoms with Crippen molar-refractivity contribution in [3.63, 3.8) is 0 Å². The lowest BCUT2D eigenvalue weighted by molar-refractivity contribution is -0.0213. The van der Waals surface area contributed by atoms with Crippen molar-refractivity contribution in [2.24, 2.45) is 0 Å². The molecule has 0 bridgehead atoms. The van der Waals surface area contributed by atoms with Gasteiger partial charge in [0.15, 0.2) is 0 Å². The minimum atomic E-state index is -0.673. The zero-order valence-corrected chi connectivity index (χ0v) is 7.18. The molecule has 0 aromatic carbocycles. The molecule has 0 aliphatic heterocycles. The Morgan fingerprint density at radius 2 is 2.00 bits per heavy atom. The highest BCUT2D eigenvalue weighted by Gasteiger charge is 2.11. The highest BCUT2D eigenvalue weighted by molar-refractivity contribution is 4.62. The van der Waals surface area contributed by atoms with Crippen molar-refractivity contribution >= 4 is 0 Å². The molecule has 0 saturated heterocycles. The summed E-state index contributed by atoms with van der Waals surface area (Å²) in [6.45, 7) is 6.82. The van der Waals surface area contributed by atoms with E-state index in [-0.39, 0.29) is 0 Å². The van der Waals surface area contributed by atoms with Gasteiger partial charge in [-0.1, -0.05) is 13.3 Å². The molecule has 2 heteroatoms. The van der Waals surface area contributed by atoms with Crippen LogP contribution in [0, 0.1) is 0 Å². The molecule has 1 N–H and O–H groups in total.